The molecule has 5 aromatic carbocycles. The van der Waals surface area contributed by atoms with Crippen molar-refractivity contribution in [2.45, 2.75) is 6.10 Å². The number of fused-ring (bicyclic) bond motifs is 3. The van der Waals surface area contributed by atoms with Gasteiger partial charge in [0.25, 0.3) is 0 Å². The summed E-state index contributed by atoms with van der Waals surface area (Å²) in [5.74, 6) is 0.124. The molecular weight excluding hydrogens is 424 g/mol. The molecular formula is C30H24O4. The highest BCUT2D eigenvalue weighted by molar-refractivity contribution is 6.11. The van der Waals surface area contributed by atoms with Gasteiger partial charge in [0.2, 0.25) is 0 Å². The summed E-state index contributed by atoms with van der Waals surface area (Å²) >= 11 is 0. The van der Waals surface area contributed by atoms with Gasteiger partial charge in [-0.15, -0.1) is 0 Å². The minimum Gasteiger partial charge on any atom is -0.489 e. The predicted octanol–water partition coefficient (Wildman–Crippen LogP) is 6.28. The number of hydrogen-bond acceptors (Lipinski definition) is 4. The zero-order valence-corrected chi connectivity index (χ0v) is 18.6. The van der Waals surface area contributed by atoms with Gasteiger partial charge in [-0.1, -0.05) is 85.4 Å². The Bertz CT molecular complexity index is 1520. The minimum absolute atomic E-state index is 0.0143. The average Bonchev–Trinajstić information content (AvgIpc) is 2.88. The van der Waals surface area contributed by atoms with Crippen LogP contribution >= 0.6 is 0 Å². The third-order valence-corrected chi connectivity index (χ3v) is 5.91. The number of aliphatic hydroxyl groups excluding tert-OH is 1. The van der Waals surface area contributed by atoms with Gasteiger partial charge in [0.15, 0.2) is 0 Å². The van der Waals surface area contributed by atoms with E-state index in [2.05, 4.69) is 61.2 Å². The lowest BCUT2D eigenvalue weighted by Crippen LogP contribution is -2.24. The number of carbonyl (C=O) groups is 1. The molecule has 34 heavy (non-hydrogen) atoms. The van der Waals surface area contributed by atoms with E-state index < -0.39 is 12.1 Å². The van der Waals surface area contributed by atoms with Crippen molar-refractivity contribution in [1.82, 2.24) is 0 Å². The van der Waals surface area contributed by atoms with Crippen LogP contribution in [0.2, 0.25) is 0 Å². The Balaban J connectivity index is 1.62. The van der Waals surface area contributed by atoms with E-state index in [4.69, 9.17) is 9.47 Å². The fourth-order valence-electron chi connectivity index (χ4n) is 4.29. The van der Waals surface area contributed by atoms with Gasteiger partial charge in [-0.05, 0) is 44.8 Å². The van der Waals surface area contributed by atoms with Gasteiger partial charge in [0, 0.05) is 16.8 Å². The molecule has 0 aliphatic rings. The van der Waals surface area contributed by atoms with Gasteiger partial charge < -0.3 is 14.6 Å². The van der Waals surface area contributed by atoms with Crippen LogP contribution in [-0.4, -0.2) is 30.4 Å². The Hall–Kier alpha value is -4.15. The lowest BCUT2D eigenvalue weighted by molar-refractivity contribution is -0.141. The zero-order chi connectivity index (χ0) is 23.5. The summed E-state index contributed by atoms with van der Waals surface area (Å²) in [6, 6.07) is 31.1. The van der Waals surface area contributed by atoms with Crippen LogP contribution < -0.4 is 4.74 Å². The highest BCUT2D eigenvalue weighted by Crippen LogP contribution is 2.41. The van der Waals surface area contributed by atoms with Gasteiger partial charge in [-0.3, -0.25) is 0 Å². The molecule has 0 radical (unpaired) electrons. The van der Waals surface area contributed by atoms with Crippen molar-refractivity contribution < 1.29 is 19.4 Å². The van der Waals surface area contributed by atoms with Crippen molar-refractivity contribution in [3.8, 4) is 16.9 Å². The third-order valence-electron chi connectivity index (χ3n) is 5.91. The highest BCUT2D eigenvalue weighted by Gasteiger charge is 2.16. The highest BCUT2D eigenvalue weighted by atomic mass is 16.5. The number of esters is 1. The maximum atomic E-state index is 11.3. The van der Waals surface area contributed by atoms with Crippen molar-refractivity contribution in [3.05, 3.63) is 104 Å². The van der Waals surface area contributed by atoms with Crippen molar-refractivity contribution in [1.29, 1.82) is 0 Å². The second-order valence-corrected chi connectivity index (χ2v) is 8.19. The van der Waals surface area contributed by atoms with Crippen LogP contribution in [0.15, 0.2) is 104 Å². The molecule has 4 nitrogen and oxygen atoms in total. The molecule has 1 N–H and O–H groups in total. The molecule has 5 aromatic rings. The molecule has 0 amide bonds. The van der Waals surface area contributed by atoms with Crippen molar-refractivity contribution in [3.63, 3.8) is 0 Å². The maximum absolute atomic E-state index is 11.3. The first-order valence-electron chi connectivity index (χ1n) is 11.2. The summed E-state index contributed by atoms with van der Waals surface area (Å²) in [5, 5.41) is 16.8. The van der Waals surface area contributed by atoms with Crippen LogP contribution in [0, 0.1) is 0 Å². The smallest absolute Gasteiger partial charge is 0.330 e. The van der Waals surface area contributed by atoms with E-state index in [1.807, 2.05) is 36.4 Å². The van der Waals surface area contributed by atoms with E-state index in [-0.39, 0.29) is 13.2 Å². The second kappa shape index (κ2) is 9.38. The number of benzene rings is 5. The fourth-order valence-corrected chi connectivity index (χ4v) is 4.29. The van der Waals surface area contributed by atoms with E-state index in [9.17, 15) is 9.90 Å². The molecule has 0 spiro atoms. The van der Waals surface area contributed by atoms with Crippen LogP contribution in [-0.2, 0) is 9.53 Å². The van der Waals surface area contributed by atoms with Gasteiger partial charge in [-0.2, -0.15) is 0 Å². The summed E-state index contributed by atoms with van der Waals surface area (Å²) in [6.45, 7) is 3.19. The standard InChI is InChI=1S/C30H24O4/c1-2-28(32)33-18-25(31)19-34-30-27-12-6-5-10-22(27)17-24-11-7-13-26(29(24)30)23-15-14-20-8-3-4-9-21(20)16-23/h2-17,25,31H,1,18-19H2. The van der Waals surface area contributed by atoms with Crippen LogP contribution in [0.4, 0.5) is 0 Å². The van der Waals surface area contributed by atoms with Crippen molar-refractivity contribution >= 4 is 38.3 Å². The summed E-state index contributed by atoms with van der Waals surface area (Å²) in [4.78, 5) is 11.3. The normalized spacial score (nSPS) is 12.0. The first kappa shape index (κ1) is 21.7. The average molecular weight is 449 g/mol. The van der Waals surface area contributed by atoms with Gasteiger partial charge in [0.05, 0.1) is 0 Å². The molecule has 5 rings (SSSR count). The number of hydrogen-bond donors (Lipinski definition) is 1. The lowest BCUT2D eigenvalue weighted by Gasteiger charge is -2.18. The zero-order valence-electron chi connectivity index (χ0n) is 18.6. The van der Waals surface area contributed by atoms with Crippen LogP contribution in [0.5, 0.6) is 5.75 Å². The number of rotatable bonds is 7. The molecule has 0 heterocycles. The van der Waals surface area contributed by atoms with E-state index in [0.717, 1.165) is 38.7 Å². The Morgan fingerprint density at radius 1 is 0.824 bits per heavy atom. The third kappa shape index (κ3) is 4.24. The Morgan fingerprint density at radius 3 is 2.38 bits per heavy atom. The molecule has 0 bridgehead atoms. The monoisotopic (exact) mass is 448 g/mol. The van der Waals surface area contributed by atoms with Crippen LogP contribution in [0.1, 0.15) is 0 Å². The van der Waals surface area contributed by atoms with Gasteiger partial charge in [0.1, 0.15) is 25.1 Å². The fraction of sp³-hybridized carbons (Fsp3) is 0.100. The molecule has 0 fully saturated rings. The van der Waals surface area contributed by atoms with Crippen LogP contribution in [0.25, 0.3) is 43.4 Å². The van der Waals surface area contributed by atoms with Crippen LogP contribution in [0.3, 0.4) is 0 Å². The number of ether oxygens (including phenoxy) is 2. The molecule has 0 aromatic heterocycles. The molecule has 4 heteroatoms. The lowest BCUT2D eigenvalue weighted by atomic mass is 9.93. The molecule has 0 aliphatic heterocycles. The Kier molecular flexibility index (Phi) is 5.98. The van der Waals surface area contributed by atoms with E-state index >= 15 is 0 Å². The van der Waals surface area contributed by atoms with Crippen molar-refractivity contribution in [2.24, 2.45) is 0 Å². The molecule has 1 unspecified atom stereocenters. The van der Waals surface area contributed by atoms with E-state index in [0.29, 0.717) is 5.75 Å². The Labute approximate surface area is 197 Å². The topological polar surface area (TPSA) is 55.8 Å². The number of carbonyl (C=O) groups excluding carboxylic acids is 1. The summed E-state index contributed by atoms with van der Waals surface area (Å²) in [6.07, 6.45) is 0.104. The predicted molar refractivity (Wildman–Crippen MR) is 137 cm³/mol. The van der Waals surface area contributed by atoms with E-state index in [1.54, 1.807) is 0 Å². The van der Waals surface area contributed by atoms with Gasteiger partial charge >= 0.3 is 5.97 Å². The minimum atomic E-state index is -0.967. The molecule has 1 atom stereocenters. The summed E-state index contributed by atoms with van der Waals surface area (Å²) < 4.78 is 11.2. The molecule has 0 aliphatic carbocycles. The largest absolute Gasteiger partial charge is 0.489 e. The first-order valence-corrected chi connectivity index (χ1v) is 11.2. The summed E-state index contributed by atoms with van der Waals surface area (Å²) in [7, 11) is 0. The van der Waals surface area contributed by atoms with Gasteiger partial charge in [-0.25, -0.2) is 4.79 Å². The second-order valence-electron chi connectivity index (χ2n) is 8.19. The maximum Gasteiger partial charge on any atom is 0.330 e. The first-order chi connectivity index (χ1) is 16.6. The molecule has 0 saturated carbocycles. The quantitative estimate of drug-likeness (QED) is 0.181. The molecule has 168 valence electrons. The van der Waals surface area contributed by atoms with E-state index in [1.165, 1.54) is 10.8 Å². The molecule has 0 saturated heterocycles. The summed E-state index contributed by atoms with van der Waals surface area (Å²) in [5.41, 5.74) is 2.14. The van der Waals surface area contributed by atoms with Crippen molar-refractivity contribution in [2.75, 3.05) is 13.2 Å². The Morgan fingerprint density at radius 2 is 1.56 bits per heavy atom. The SMILES string of the molecule is C=CC(=O)OCC(O)COc1c2ccccc2cc2cccc(-c3ccc4ccccc4c3)c12. The number of aliphatic hydroxyl groups is 1.